The Morgan fingerprint density at radius 2 is 1.26 bits per heavy atom. The van der Waals surface area contributed by atoms with Gasteiger partial charge in [0.2, 0.25) is 0 Å². The molecular formula is C38H55N11O6S2. The second-order valence-electron chi connectivity index (χ2n) is 13.9. The second-order valence-corrected chi connectivity index (χ2v) is 15.6. The molecule has 0 atom stereocenters. The van der Waals surface area contributed by atoms with Crippen molar-refractivity contribution in [3.8, 4) is 11.5 Å². The zero-order valence-electron chi connectivity index (χ0n) is 33.7. The third-order valence-corrected chi connectivity index (χ3v) is 8.68. The average molecular weight is 826 g/mol. The van der Waals surface area contributed by atoms with Gasteiger partial charge in [-0.2, -0.15) is 0 Å². The van der Waals surface area contributed by atoms with E-state index in [0.717, 1.165) is 11.1 Å². The van der Waals surface area contributed by atoms with Crippen LogP contribution in [0.15, 0.2) is 52.2 Å². The Balaban J connectivity index is 0.000000310. The van der Waals surface area contributed by atoms with E-state index in [9.17, 15) is 14.4 Å². The quantitative estimate of drug-likeness (QED) is 0.0431. The fourth-order valence-electron chi connectivity index (χ4n) is 4.31. The normalized spacial score (nSPS) is 10.6. The fraction of sp³-hybridized carbons (Fsp3) is 0.421. The largest absolute Gasteiger partial charge is 0.491 e. The standard InChI is InChI=1S/C21H31N5O4S.C17H24N6O2S/c1-14(2)12-30-18-10-15(3)6-7-17(18)24-19(27)25-20-23-16(13-31-20)11-22-21(28)29-9-8-26(4)5;1-10(2)8-25-14-6-11(3)4-5-13(14)22-16(24)23-17-21-12(9-26-17)7-20-15(18)19/h6-7,10,13-14H,8-9,11-12H2,1-5H3,(H,22,28)(H2,23,24,25,27);4-6,9-10H,7-8H2,1-3H3,(H4,18,19,20)(H2,21,22,23,24). The minimum atomic E-state index is -0.504. The van der Waals surface area contributed by atoms with Crippen LogP contribution in [0.4, 0.5) is 36.0 Å². The van der Waals surface area contributed by atoms with Crippen molar-refractivity contribution >= 4 is 68.4 Å². The van der Waals surface area contributed by atoms with E-state index in [4.69, 9.17) is 25.7 Å². The molecule has 19 heteroatoms. The minimum absolute atomic E-state index is 0.00134. The number of nitrogens with two attached hydrogens (primary N) is 2. The molecule has 57 heavy (non-hydrogen) atoms. The Kier molecular flexibility index (Phi) is 18.8. The fourth-order valence-corrected chi connectivity index (χ4v) is 5.71. The van der Waals surface area contributed by atoms with Crippen molar-refractivity contribution in [2.75, 3.05) is 61.7 Å². The van der Waals surface area contributed by atoms with Gasteiger partial charge in [-0.1, -0.05) is 39.8 Å². The summed E-state index contributed by atoms with van der Waals surface area (Å²) in [4.78, 5) is 50.7. The van der Waals surface area contributed by atoms with Crippen LogP contribution in [0, 0.1) is 25.7 Å². The monoisotopic (exact) mass is 825 g/mol. The van der Waals surface area contributed by atoms with Crippen LogP contribution in [0.2, 0.25) is 0 Å². The smallest absolute Gasteiger partial charge is 0.407 e. The van der Waals surface area contributed by atoms with Gasteiger partial charge in [-0.3, -0.25) is 10.6 Å². The zero-order chi connectivity index (χ0) is 41.9. The summed E-state index contributed by atoms with van der Waals surface area (Å²) in [6.45, 7) is 14.8. The van der Waals surface area contributed by atoms with E-state index in [1.807, 2.05) is 69.2 Å². The maximum absolute atomic E-state index is 12.4. The first kappa shape index (κ1) is 45.7. The number of hydrogen-bond donors (Lipinski definition) is 7. The molecule has 4 rings (SSSR count). The maximum atomic E-state index is 12.4. The lowest BCUT2D eigenvalue weighted by Crippen LogP contribution is -2.27. The number of aromatic nitrogens is 2. The van der Waals surface area contributed by atoms with Crippen LogP contribution in [0.25, 0.3) is 0 Å². The number of guanidine groups is 1. The van der Waals surface area contributed by atoms with Crippen molar-refractivity contribution in [2.24, 2.45) is 28.3 Å². The number of benzene rings is 2. The van der Waals surface area contributed by atoms with Crippen LogP contribution in [0.1, 0.15) is 50.2 Å². The molecule has 17 nitrogen and oxygen atoms in total. The third kappa shape index (κ3) is 18.2. The summed E-state index contributed by atoms with van der Waals surface area (Å²) in [6.07, 6.45) is -0.504. The van der Waals surface area contributed by atoms with Crippen LogP contribution in [0.3, 0.4) is 0 Å². The molecular weight excluding hydrogens is 771 g/mol. The predicted octanol–water partition coefficient (Wildman–Crippen LogP) is 6.82. The number of aliphatic imine (C=N–C) groups is 1. The number of alkyl carbamates (subject to hydrolysis) is 1. The van der Waals surface area contributed by atoms with Gasteiger partial charge in [-0.15, -0.1) is 22.7 Å². The molecule has 0 fully saturated rings. The van der Waals surface area contributed by atoms with Crippen molar-refractivity contribution in [3.63, 3.8) is 0 Å². The lowest BCUT2D eigenvalue weighted by atomic mass is 10.2. The Morgan fingerprint density at radius 3 is 1.74 bits per heavy atom. The van der Waals surface area contributed by atoms with Crippen LogP contribution < -0.4 is 47.5 Å². The number of aryl methyl sites for hydroxylation is 2. The average Bonchev–Trinajstić information content (AvgIpc) is 3.78. The Bertz CT molecular complexity index is 1930. The molecule has 0 bridgehead atoms. The summed E-state index contributed by atoms with van der Waals surface area (Å²) in [5.41, 5.74) is 15.2. The minimum Gasteiger partial charge on any atom is -0.491 e. The van der Waals surface area contributed by atoms with Crippen molar-refractivity contribution in [2.45, 2.75) is 54.6 Å². The molecule has 2 heterocycles. The van der Waals surface area contributed by atoms with E-state index in [2.05, 4.69) is 69.2 Å². The molecule has 0 saturated heterocycles. The summed E-state index contributed by atoms with van der Waals surface area (Å²) in [5.74, 6) is 2.02. The van der Waals surface area contributed by atoms with E-state index >= 15 is 0 Å². The summed E-state index contributed by atoms with van der Waals surface area (Å²) in [6, 6.07) is 10.4. The SMILES string of the molecule is Cc1ccc(NC(=O)Nc2nc(CN=C(N)N)cs2)c(OCC(C)C)c1.Cc1ccc(NC(=O)Nc2nc(CNC(=O)OCCN(C)C)cs2)c(OCC(C)C)c1. The number of likely N-dealkylation sites (N-methyl/N-ethyl adjacent to an activating group) is 1. The molecule has 9 N–H and O–H groups in total. The summed E-state index contributed by atoms with van der Waals surface area (Å²) in [5, 5.41) is 18.1. The van der Waals surface area contributed by atoms with Crippen LogP contribution in [-0.4, -0.2) is 79.4 Å². The number of ether oxygens (including phenoxy) is 3. The van der Waals surface area contributed by atoms with Crippen LogP contribution in [0.5, 0.6) is 11.5 Å². The highest BCUT2D eigenvalue weighted by Gasteiger charge is 2.14. The first-order valence-electron chi connectivity index (χ1n) is 18.2. The number of urea groups is 2. The number of rotatable bonds is 17. The molecule has 0 unspecified atom stereocenters. The van der Waals surface area contributed by atoms with Gasteiger partial charge in [0.05, 0.1) is 49.1 Å². The molecule has 0 radical (unpaired) electrons. The van der Waals surface area contributed by atoms with Gasteiger partial charge in [-0.05, 0) is 75.2 Å². The van der Waals surface area contributed by atoms with Crippen molar-refractivity contribution < 1.29 is 28.6 Å². The molecule has 5 amide bonds. The lowest BCUT2D eigenvalue weighted by molar-refractivity contribution is 0.136. The van der Waals surface area contributed by atoms with Gasteiger partial charge < -0.3 is 46.5 Å². The summed E-state index contributed by atoms with van der Waals surface area (Å²) < 4.78 is 16.7. The van der Waals surface area contributed by atoms with E-state index in [0.29, 0.717) is 82.7 Å². The van der Waals surface area contributed by atoms with Gasteiger partial charge in [-0.25, -0.2) is 29.3 Å². The molecule has 0 saturated carbocycles. The highest BCUT2D eigenvalue weighted by molar-refractivity contribution is 7.14. The number of nitrogens with one attached hydrogen (secondary N) is 5. The Labute approximate surface area is 342 Å². The second kappa shape index (κ2) is 23.4. The molecule has 0 spiro atoms. The molecule has 4 aromatic rings. The van der Waals surface area contributed by atoms with E-state index in [1.165, 1.54) is 22.7 Å². The lowest BCUT2D eigenvalue weighted by Gasteiger charge is -2.14. The number of carbonyl (C=O) groups excluding carboxylic acids is 3. The van der Waals surface area contributed by atoms with Gasteiger partial charge in [0.15, 0.2) is 16.2 Å². The number of nitrogens with zero attached hydrogens (tertiary/aromatic N) is 4. The summed E-state index contributed by atoms with van der Waals surface area (Å²) >= 11 is 2.57. The van der Waals surface area contributed by atoms with Crippen molar-refractivity contribution in [3.05, 3.63) is 69.7 Å². The van der Waals surface area contributed by atoms with E-state index in [1.54, 1.807) is 10.8 Å². The van der Waals surface area contributed by atoms with Crippen molar-refractivity contribution in [1.29, 1.82) is 0 Å². The number of thiazole rings is 2. The first-order chi connectivity index (χ1) is 27.1. The van der Waals surface area contributed by atoms with Gasteiger partial charge in [0.25, 0.3) is 0 Å². The van der Waals surface area contributed by atoms with Gasteiger partial charge in [0, 0.05) is 17.3 Å². The van der Waals surface area contributed by atoms with Gasteiger partial charge >= 0.3 is 18.2 Å². The van der Waals surface area contributed by atoms with Crippen molar-refractivity contribution in [1.82, 2.24) is 20.2 Å². The van der Waals surface area contributed by atoms with Crippen LogP contribution in [-0.2, 0) is 17.8 Å². The number of hydrogen-bond acceptors (Lipinski definition) is 12. The third-order valence-electron chi connectivity index (χ3n) is 7.07. The number of anilines is 4. The molecule has 2 aromatic heterocycles. The Hall–Kier alpha value is -5.66. The number of amides is 5. The molecule has 0 aliphatic rings. The Morgan fingerprint density at radius 1 is 0.772 bits per heavy atom. The number of carbonyl (C=O) groups is 3. The zero-order valence-corrected chi connectivity index (χ0v) is 35.4. The maximum Gasteiger partial charge on any atom is 0.407 e. The topological polar surface area (TPSA) is 232 Å². The predicted molar refractivity (Wildman–Crippen MR) is 229 cm³/mol. The highest BCUT2D eigenvalue weighted by Crippen LogP contribution is 2.28. The molecule has 0 aliphatic carbocycles. The molecule has 310 valence electrons. The summed E-state index contributed by atoms with van der Waals surface area (Å²) in [7, 11) is 3.80. The van der Waals surface area contributed by atoms with E-state index in [-0.39, 0.29) is 19.0 Å². The van der Waals surface area contributed by atoms with Gasteiger partial charge in [0.1, 0.15) is 18.1 Å². The highest BCUT2D eigenvalue weighted by atomic mass is 32.1. The molecule has 2 aromatic carbocycles. The van der Waals surface area contributed by atoms with Crippen LogP contribution >= 0.6 is 22.7 Å². The first-order valence-corrected chi connectivity index (χ1v) is 19.9. The van der Waals surface area contributed by atoms with E-state index < -0.39 is 18.2 Å². The molecule has 0 aliphatic heterocycles.